The van der Waals surface area contributed by atoms with Gasteiger partial charge in [-0.3, -0.25) is 5.10 Å². The first kappa shape index (κ1) is 13.7. The normalized spacial score (nSPS) is 11.0. The number of aromatic amines is 1. The standard InChI is InChI=1S/C15H12ClN7/c1-23-8-17-12-13(21-15(16)22-14(12)23)20-11-4-2-9(3-5-11)10-6-18-19-7-10/h2-8H,1H3,(H,18,19)(H,20,21,22). The van der Waals surface area contributed by atoms with E-state index in [4.69, 9.17) is 11.6 Å². The molecule has 3 heterocycles. The van der Waals surface area contributed by atoms with Gasteiger partial charge in [-0.2, -0.15) is 15.1 Å². The van der Waals surface area contributed by atoms with Gasteiger partial charge in [0.05, 0.1) is 12.5 Å². The minimum Gasteiger partial charge on any atom is -0.338 e. The molecule has 0 saturated carbocycles. The molecule has 0 aliphatic heterocycles. The maximum atomic E-state index is 6.00. The van der Waals surface area contributed by atoms with E-state index in [9.17, 15) is 0 Å². The summed E-state index contributed by atoms with van der Waals surface area (Å²) in [7, 11) is 1.86. The van der Waals surface area contributed by atoms with E-state index in [0.29, 0.717) is 17.0 Å². The van der Waals surface area contributed by atoms with E-state index in [1.54, 1.807) is 17.1 Å². The minimum atomic E-state index is 0.179. The predicted octanol–water partition coefficient (Wildman–Crippen LogP) is 3.15. The molecule has 0 aliphatic rings. The molecule has 0 radical (unpaired) electrons. The fourth-order valence-corrected chi connectivity index (χ4v) is 2.52. The van der Waals surface area contributed by atoms with Gasteiger partial charge in [0.1, 0.15) is 0 Å². The van der Waals surface area contributed by atoms with Crippen molar-refractivity contribution in [2.45, 2.75) is 0 Å². The molecule has 1 aromatic carbocycles. The van der Waals surface area contributed by atoms with Crippen molar-refractivity contribution in [3.05, 3.63) is 48.3 Å². The van der Waals surface area contributed by atoms with Crippen molar-refractivity contribution in [2.75, 3.05) is 5.32 Å². The number of fused-ring (bicyclic) bond motifs is 1. The van der Waals surface area contributed by atoms with E-state index in [-0.39, 0.29) is 5.28 Å². The molecule has 0 fully saturated rings. The molecular formula is C15H12ClN7. The molecule has 0 atom stereocenters. The predicted molar refractivity (Wildman–Crippen MR) is 88.6 cm³/mol. The summed E-state index contributed by atoms with van der Waals surface area (Å²) in [5.41, 5.74) is 4.36. The van der Waals surface area contributed by atoms with E-state index in [1.807, 2.05) is 37.5 Å². The summed E-state index contributed by atoms with van der Waals surface area (Å²) in [4.78, 5) is 12.7. The number of hydrogen-bond donors (Lipinski definition) is 2. The molecule has 0 spiro atoms. The van der Waals surface area contributed by atoms with Gasteiger partial charge in [0.15, 0.2) is 17.0 Å². The number of aryl methyl sites for hydroxylation is 1. The summed E-state index contributed by atoms with van der Waals surface area (Å²) in [5, 5.41) is 10.2. The Morgan fingerprint density at radius 3 is 2.70 bits per heavy atom. The van der Waals surface area contributed by atoms with Crippen molar-refractivity contribution in [1.29, 1.82) is 0 Å². The zero-order valence-corrected chi connectivity index (χ0v) is 12.9. The molecule has 7 nitrogen and oxygen atoms in total. The zero-order chi connectivity index (χ0) is 15.8. The van der Waals surface area contributed by atoms with Crippen LogP contribution in [0.3, 0.4) is 0 Å². The second kappa shape index (κ2) is 5.36. The molecule has 2 N–H and O–H groups in total. The van der Waals surface area contributed by atoms with Crippen LogP contribution in [0.5, 0.6) is 0 Å². The number of imidazole rings is 1. The van der Waals surface area contributed by atoms with Gasteiger partial charge in [-0.1, -0.05) is 12.1 Å². The van der Waals surface area contributed by atoms with Crippen molar-refractivity contribution in [1.82, 2.24) is 29.7 Å². The number of halogens is 1. The Morgan fingerprint density at radius 2 is 1.96 bits per heavy atom. The Labute approximate surface area is 136 Å². The van der Waals surface area contributed by atoms with Crippen LogP contribution in [0, 0.1) is 0 Å². The summed E-state index contributed by atoms with van der Waals surface area (Å²) >= 11 is 6.00. The largest absolute Gasteiger partial charge is 0.338 e. The van der Waals surface area contributed by atoms with Crippen LogP contribution in [-0.2, 0) is 7.05 Å². The van der Waals surface area contributed by atoms with Crippen LogP contribution in [0.4, 0.5) is 11.5 Å². The van der Waals surface area contributed by atoms with Crippen LogP contribution in [0.15, 0.2) is 43.0 Å². The molecule has 4 rings (SSSR count). The lowest BCUT2D eigenvalue weighted by Crippen LogP contribution is -1.98. The highest BCUT2D eigenvalue weighted by atomic mass is 35.5. The van der Waals surface area contributed by atoms with Gasteiger partial charge < -0.3 is 9.88 Å². The maximum absolute atomic E-state index is 6.00. The zero-order valence-electron chi connectivity index (χ0n) is 12.2. The fraction of sp³-hybridized carbons (Fsp3) is 0.0667. The Bertz CT molecular complexity index is 958. The monoisotopic (exact) mass is 325 g/mol. The summed E-state index contributed by atoms with van der Waals surface area (Å²) in [6.07, 6.45) is 5.32. The lowest BCUT2D eigenvalue weighted by Gasteiger charge is -2.07. The van der Waals surface area contributed by atoms with Crippen molar-refractivity contribution in [3.8, 4) is 11.1 Å². The summed E-state index contributed by atoms with van der Waals surface area (Å²) in [6, 6.07) is 7.94. The Hall–Kier alpha value is -2.93. The third-order valence-electron chi connectivity index (χ3n) is 3.51. The average molecular weight is 326 g/mol. The van der Waals surface area contributed by atoms with Crippen LogP contribution >= 0.6 is 11.6 Å². The fourth-order valence-electron chi connectivity index (χ4n) is 2.36. The van der Waals surface area contributed by atoms with Crippen molar-refractivity contribution < 1.29 is 0 Å². The van der Waals surface area contributed by atoms with Gasteiger partial charge in [-0.25, -0.2) is 4.98 Å². The molecule has 0 bridgehead atoms. The molecule has 3 aromatic heterocycles. The first-order valence-electron chi connectivity index (χ1n) is 6.91. The number of nitrogens with one attached hydrogen (secondary N) is 2. The van der Waals surface area contributed by atoms with Gasteiger partial charge in [0.2, 0.25) is 5.28 Å². The number of H-pyrrole nitrogens is 1. The molecule has 0 amide bonds. The van der Waals surface area contributed by atoms with Crippen LogP contribution in [0.2, 0.25) is 5.28 Å². The van der Waals surface area contributed by atoms with Gasteiger partial charge >= 0.3 is 0 Å². The quantitative estimate of drug-likeness (QED) is 0.565. The van der Waals surface area contributed by atoms with Gasteiger partial charge in [0, 0.05) is 24.5 Å². The molecule has 0 saturated heterocycles. The minimum absolute atomic E-state index is 0.179. The second-order valence-electron chi connectivity index (χ2n) is 5.06. The lowest BCUT2D eigenvalue weighted by molar-refractivity contribution is 0.928. The highest BCUT2D eigenvalue weighted by molar-refractivity contribution is 6.28. The molecule has 8 heteroatoms. The smallest absolute Gasteiger partial charge is 0.226 e. The van der Waals surface area contributed by atoms with E-state index in [2.05, 4.69) is 30.5 Å². The highest BCUT2D eigenvalue weighted by Crippen LogP contribution is 2.25. The van der Waals surface area contributed by atoms with E-state index in [1.165, 1.54) is 0 Å². The molecular weight excluding hydrogens is 314 g/mol. The molecule has 23 heavy (non-hydrogen) atoms. The Kier molecular flexibility index (Phi) is 3.20. The number of nitrogens with zero attached hydrogens (tertiary/aromatic N) is 5. The summed E-state index contributed by atoms with van der Waals surface area (Å²) < 4.78 is 1.80. The molecule has 0 aliphatic carbocycles. The third-order valence-corrected chi connectivity index (χ3v) is 3.68. The maximum Gasteiger partial charge on any atom is 0.226 e. The average Bonchev–Trinajstić information content (AvgIpc) is 3.19. The number of anilines is 2. The summed E-state index contributed by atoms with van der Waals surface area (Å²) in [5.74, 6) is 0.580. The number of aromatic nitrogens is 6. The highest BCUT2D eigenvalue weighted by Gasteiger charge is 2.11. The second-order valence-corrected chi connectivity index (χ2v) is 5.40. The van der Waals surface area contributed by atoms with Gasteiger partial charge in [-0.15, -0.1) is 0 Å². The molecule has 0 unspecified atom stereocenters. The number of benzene rings is 1. The van der Waals surface area contributed by atoms with Crippen LogP contribution in [-0.4, -0.2) is 29.7 Å². The first-order valence-corrected chi connectivity index (χ1v) is 7.29. The van der Waals surface area contributed by atoms with Crippen LogP contribution < -0.4 is 5.32 Å². The lowest BCUT2D eigenvalue weighted by atomic mass is 10.1. The van der Waals surface area contributed by atoms with E-state index in [0.717, 1.165) is 16.8 Å². The Balaban J connectivity index is 1.68. The topological polar surface area (TPSA) is 84.3 Å². The molecule has 114 valence electrons. The number of hydrogen-bond acceptors (Lipinski definition) is 5. The van der Waals surface area contributed by atoms with Crippen molar-refractivity contribution in [2.24, 2.45) is 7.05 Å². The van der Waals surface area contributed by atoms with Crippen molar-refractivity contribution in [3.63, 3.8) is 0 Å². The van der Waals surface area contributed by atoms with E-state index < -0.39 is 0 Å². The third kappa shape index (κ3) is 2.51. The van der Waals surface area contributed by atoms with Crippen LogP contribution in [0.1, 0.15) is 0 Å². The van der Waals surface area contributed by atoms with Gasteiger partial charge in [0.25, 0.3) is 0 Å². The molecule has 4 aromatic rings. The van der Waals surface area contributed by atoms with Gasteiger partial charge in [-0.05, 0) is 29.3 Å². The van der Waals surface area contributed by atoms with E-state index >= 15 is 0 Å². The van der Waals surface area contributed by atoms with Crippen LogP contribution in [0.25, 0.3) is 22.3 Å². The summed E-state index contributed by atoms with van der Waals surface area (Å²) in [6.45, 7) is 0. The SMILES string of the molecule is Cn1cnc2c(Nc3ccc(-c4cn[nH]c4)cc3)nc(Cl)nc21. The Morgan fingerprint density at radius 1 is 1.13 bits per heavy atom. The first-order chi connectivity index (χ1) is 11.2. The van der Waals surface area contributed by atoms with Crippen molar-refractivity contribution >= 4 is 34.3 Å². The number of rotatable bonds is 3.